The van der Waals surface area contributed by atoms with E-state index in [2.05, 4.69) is 33.1 Å². The highest BCUT2D eigenvalue weighted by molar-refractivity contribution is 14.0. The molecule has 3 rings (SSSR count). The van der Waals surface area contributed by atoms with Crippen LogP contribution < -0.4 is 16.0 Å². The number of carbonyl (C=O) groups excluding carboxylic acids is 1. The lowest BCUT2D eigenvalue weighted by Gasteiger charge is -2.21. The van der Waals surface area contributed by atoms with Gasteiger partial charge in [-0.3, -0.25) is 9.79 Å². The third-order valence-electron chi connectivity index (χ3n) is 5.16. The molecule has 2 aromatic carbocycles. The average molecular weight is 506 g/mol. The molecule has 0 unspecified atom stereocenters. The first-order chi connectivity index (χ1) is 13.7. The lowest BCUT2D eigenvalue weighted by atomic mass is 9.88. The Morgan fingerprint density at radius 2 is 1.59 bits per heavy atom. The zero-order valence-electron chi connectivity index (χ0n) is 17.0. The number of nitrogens with zero attached hydrogens (tertiary/aromatic N) is 1. The van der Waals surface area contributed by atoms with Crippen molar-refractivity contribution < 1.29 is 4.79 Å². The zero-order valence-corrected chi connectivity index (χ0v) is 19.3. The predicted molar refractivity (Wildman–Crippen MR) is 131 cm³/mol. The van der Waals surface area contributed by atoms with Gasteiger partial charge in [-0.25, -0.2) is 0 Å². The summed E-state index contributed by atoms with van der Waals surface area (Å²) in [5.41, 5.74) is 3.17. The number of carbonyl (C=O) groups is 1. The van der Waals surface area contributed by atoms with E-state index >= 15 is 0 Å². The second-order valence-corrected chi connectivity index (χ2v) is 7.29. The van der Waals surface area contributed by atoms with Crippen LogP contribution in [0.2, 0.25) is 0 Å². The van der Waals surface area contributed by atoms with Gasteiger partial charge in [-0.05, 0) is 36.1 Å². The van der Waals surface area contributed by atoms with Gasteiger partial charge in [0, 0.05) is 31.7 Å². The van der Waals surface area contributed by atoms with Gasteiger partial charge in [0.25, 0.3) is 0 Å². The van der Waals surface area contributed by atoms with E-state index in [1.54, 1.807) is 7.05 Å². The van der Waals surface area contributed by atoms with Gasteiger partial charge in [0.05, 0.1) is 0 Å². The van der Waals surface area contributed by atoms with E-state index in [1.165, 1.54) is 12.0 Å². The molecule has 0 atom stereocenters. The average Bonchev–Trinajstić information content (AvgIpc) is 2.75. The Morgan fingerprint density at radius 3 is 2.28 bits per heavy atom. The number of aliphatic imine (C=N–C) groups is 1. The number of benzene rings is 2. The minimum Gasteiger partial charge on any atom is -0.352 e. The summed E-state index contributed by atoms with van der Waals surface area (Å²) in [7, 11) is 1.77. The third-order valence-corrected chi connectivity index (χ3v) is 5.16. The summed E-state index contributed by atoms with van der Waals surface area (Å²) >= 11 is 0. The summed E-state index contributed by atoms with van der Waals surface area (Å²) in [6, 6.07) is 18.2. The summed E-state index contributed by atoms with van der Waals surface area (Å²) in [5.74, 6) is 1.07. The standard InChI is InChI=1S/C23H30N4O.HI/c1-24-23(25-16-18-9-4-2-5-10-18)26-17-19-11-8-14-21(15-19)27-22(28)20-12-6-3-7-13-20;/h2,4-5,8-11,14-15,20H,3,6-7,12-13,16-17H2,1H3,(H,27,28)(H2,24,25,26);1H. The molecule has 0 saturated heterocycles. The van der Waals surface area contributed by atoms with E-state index in [0.29, 0.717) is 6.54 Å². The van der Waals surface area contributed by atoms with Crippen molar-refractivity contribution in [1.82, 2.24) is 10.6 Å². The largest absolute Gasteiger partial charge is 0.352 e. The molecule has 0 aliphatic heterocycles. The maximum Gasteiger partial charge on any atom is 0.227 e. The van der Waals surface area contributed by atoms with Crippen LogP contribution in [0.4, 0.5) is 5.69 Å². The number of halogens is 1. The Bertz CT molecular complexity index is 788. The first kappa shape index (κ1) is 23.2. The Morgan fingerprint density at radius 1 is 0.931 bits per heavy atom. The van der Waals surface area contributed by atoms with E-state index in [4.69, 9.17) is 0 Å². The topological polar surface area (TPSA) is 65.5 Å². The molecule has 6 heteroatoms. The number of rotatable bonds is 6. The minimum absolute atomic E-state index is 0. The van der Waals surface area contributed by atoms with Gasteiger partial charge in [-0.1, -0.05) is 61.7 Å². The predicted octanol–water partition coefficient (Wildman–Crippen LogP) is 4.69. The molecule has 0 bridgehead atoms. The van der Waals surface area contributed by atoms with Gasteiger partial charge in [0.1, 0.15) is 0 Å². The summed E-state index contributed by atoms with van der Waals surface area (Å²) < 4.78 is 0. The molecule has 156 valence electrons. The Labute approximate surface area is 190 Å². The van der Waals surface area contributed by atoms with Gasteiger partial charge >= 0.3 is 0 Å². The van der Waals surface area contributed by atoms with Crippen LogP contribution in [0, 0.1) is 5.92 Å². The quantitative estimate of drug-likeness (QED) is 0.303. The van der Waals surface area contributed by atoms with Crippen LogP contribution in [-0.4, -0.2) is 18.9 Å². The highest BCUT2D eigenvalue weighted by Gasteiger charge is 2.20. The molecule has 1 fully saturated rings. The summed E-state index contributed by atoms with van der Waals surface area (Å²) in [4.78, 5) is 16.7. The van der Waals surface area contributed by atoms with E-state index < -0.39 is 0 Å². The van der Waals surface area contributed by atoms with Crippen LogP contribution in [0.3, 0.4) is 0 Å². The SMILES string of the molecule is CN=C(NCc1ccccc1)NCc1cccc(NC(=O)C2CCCCC2)c1.I. The maximum absolute atomic E-state index is 12.5. The highest BCUT2D eigenvalue weighted by Crippen LogP contribution is 2.25. The number of anilines is 1. The Balaban J connectivity index is 0.00000300. The van der Waals surface area contributed by atoms with Crippen LogP contribution in [0.1, 0.15) is 43.2 Å². The summed E-state index contributed by atoms with van der Waals surface area (Å²) in [6.45, 7) is 1.36. The molecular weight excluding hydrogens is 475 g/mol. The summed E-state index contributed by atoms with van der Waals surface area (Å²) in [5, 5.41) is 9.73. The van der Waals surface area contributed by atoms with Crippen molar-refractivity contribution in [3.63, 3.8) is 0 Å². The number of amides is 1. The molecule has 0 heterocycles. The van der Waals surface area contributed by atoms with Crippen LogP contribution >= 0.6 is 24.0 Å². The van der Waals surface area contributed by atoms with Gasteiger partial charge in [0.2, 0.25) is 5.91 Å². The Hall–Kier alpha value is -2.09. The van der Waals surface area contributed by atoms with Gasteiger partial charge in [0.15, 0.2) is 5.96 Å². The van der Waals surface area contributed by atoms with Crippen molar-refractivity contribution in [2.75, 3.05) is 12.4 Å². The van der Waals surface area contributed by atoms with Crippen molar-refractivity contribution in [1.29, 1.82) is 0 Å². The highest BCUT2D eigenvalue weighted by atomic mass is 127. The fraction of sp³-hybridized carbons (Fsp3) is 0.391. The molecule has 3 N–H and O–H groups in total. The lowest BCUT2D eigenvalue weighted by Crippen LogP contribution is -2.36. The lowest BCUT2D eigenvalue weighted by molar-refractivity contribution is -0.120. The number of nitrogens with one attached hydrogen (secondary N) is 3. The molecule has 0 aromatic heterocycles. The molecule has 2 aromatic rings. The van der Waals surface area contributed by atoms with Gasteiger partial charge < -0.3 is 16.0 Å². The third kappa shape index (κ3) is 7.68. The molecule has 1 aliphatic rings. The van der Waals surface area contributed by atoms with Crippen molar-refractivity contribution in [2.45, 2.75) is 45.2 Å². The van der Waals surface area contributed by atoms with E-state index in [9.17, 15) is 4.79 Å². The smallest absolute Gasteiger partial charge is 0.227 e. The molecule has 1 amide bonds. The molecule has 0 spiro atoms. The second kappa shape index (κ2) is 12.5. The van der Waals surface area contributed by atoms with Crippen molar-refractivity contribution in [3.8, 4) is 0 Å². The van der Waals surface area contributed by atoms with Gasteiger partial charge in [-0.2, -0.15) is 0 Å². The first-order valence-electron chi connectivity index (χ1n) is 10.1. The van der Waals surface area contributed by atoms with Crippen molar-refractivity contribution >= 4 is 41.5 Å². The van der Waals surface area contributed by atoms with Crippen molar-refractivity contribution in [2.24, 2.45) is 10.9 Å². The van der Waals surface area contributed by atoms with Crippen molar-refractivity contribution in [3.05, 3.63) is 65.7 Å². The fourth-order valence-corrected chi connectivity index (χ4v) is 3.56. The zero-order chi connectivity index (χ0) is 19.6. The fourth-order valence-electron chi connectivity index (χ4n) is 3.56. The summed E-state index contributed by atoms with van der Waals surface area (Å²) in [6.07, 6.45) is 5.60. The van der Waals surface area contributed by atoms with Crippen LogP contribution in [0.5, 0.6) is 0 Å². The molecule has 1 saturated carbocycles. The molecule has 5 nitrogen and oxygen atoms in total. The number of hydrogen-bond donors (Lipinski definition) is 3. The van der Waals surface area contributed by atoms with E-state index in [0.717, 1.165) is 49.4 Å². The van der Waals surface area contributed by atoms with Crippen LogP contribution in [-0.2, 0) is 17.9 Å². The van der Waals surface area contributed by atoms with Crippen LogP contribution in [0.15, 0.2) is 59.6 Å². The normalized spacial score (nSPS) is 14.6. The van der Waals surface area contributed by atoms with E-state index in [1.807, 2.05) is 42.5 Å². The monoisotopic (exact) mass is 506 g/mol. The molecule has 0 radical (unpaired) electrons. The Kier molecular flexibility index (Phi) is 9.97. The molecular formula is C23H31IN4O. The van der Waals surface area contributed by atoms with Gasteiger partial charge in [-0.15, -0.1) is 24.0 Å². The minimum atomic E-state index is 0. The number of guanidine groups is 1. The molecule has 29 heavy (non-hydrogen) atoms. The number of hydrogen-bond acceptors (Lipinski definition) is 2. The van der Waals surface area contributed by atoms with Crippen LogP contribution in [0.25, 0.3) is 0 Å². The second-order valence-electron chi connectivity index (χ2n) is 7.29. The first-order valence-corrected chi connectivity index (χ1v) is 10.1. The van der Waals surface area contributed by atoms with E-state index in [-0.39, 0.29) is 35.8 Å². The molecule has 1 aliphatic carbocycles. The maximum atomic E-state index is 12.5.